The molecule has 0 heterocycles. The number of carbonyl (C=O) groups excluding carboxylic acids is 1. The lowest BCUT2D eigenvalue weighted by Gasteiger charge is -2.34. The Morgan fingerprint density at radius 2 is 1.88 bits per heavy atom. The molecule has 0 spiro atoms. The second-order valence-corrected chi connectivity index (χ2v) is 5.00. The maximum Gasteiger partial charge on any atom is 0.315 e. The maximum absolute atomic E-state index is 11.6. The van der Waals surface area contributed by atoms with Crippen LogP contribution in [0.2, 0.25) is 0 Å². The van der Waals surface area contributed by atoms with Crippen molar-refractivity contribution in [1.29, 1.82) is 0 Å². The van der Waals surface area contributed by atoms with Gasteiger partial charge < -0.3 is 15.7 Å². The molecule has 1 fully saturated rings. The fraction of sp³-hybridized carbons (Fsp3) is 0.833. The van der Waals surface area contributed by atoms with Gasteiger partial charge in [-0.2, -0.15) is 0 Å². The molecule has 0 aliphatic heterocycles. The molecule has 1 rings (SSSR count). The van der Waals surface area contributed by atoms with Crippen LogP contribution in [0.4, 0.5) is 4.79 Å². The molecule has 1 saturated carbocycles. The molecule has 5 heteroatoms. The summed E-state index contributed by atoms with van der Waals surface area (Å²) in [5.74, 6) is -0.827. The highest BCUT2D eigenvalue weighted by Crippen LogP contribution is 2.27. The van der Waals surface area contributed by atoms with Gasteiger partial charge in [0.15, 0.2) is 0 Å². The molecular weight excluding hydrogens is 220 g/mol. The normalized spacial score (nSPS) is 18.4. The molecule has 0 saturated heterocycles. The molecule has 0 bridgehead atoms. The highest BCUT2D eigenvalue weighted by molar-refractivity contribution is 5.74. The molecule has 1 aliphatic carbocycles. The van der Waals surface area contributed by atoms with Gasteiger partial charge >= 0.3 is 12.0 Å². The smallest absolute Gasteiger partial charge is 0.315 e. The number of amides is 2. The summed E-state index contributed by atoms with van der Waals surface area (Å²) in [6, 6.07) is -0.181. The van der Waals surface area contributed by atoms with E-state index in [-0.39, 0.29) is 18.0 Å². The largest absolute Gasteiger partial charge is 0.481 e. The summed E-state index contributed by atoms with van der Waals surface area (Å²) in [7, 11) is 0. The molecule has 98 valence electrons. The third-order valence-electron chi connectivity index (χ3n) is 3.23. The zero-order chi connectivity index (χ0) is 12.7. The minimum absolute atomic E-state index is 0.0882. The Kier molecular flexibility index (Phi) is 5.25. The number of aliphatic carboxylic acids is 1. The van der Waals surface area contributed by atoms with Crippen molar-refractivity contribution in [3.63, 3.8) is 0 Å². The number of rotatable bonds is 5. The van der Waals surface area contributed by atoms with Gasteiger partial charge in [0.1, 0.15) is 0 Å². The zero-order valence-electron chi connectivity index (χ0n) is 10.4. The topological polar surface area (TPSA) is 78.4 Å². The van der Waals surface area contributed by atoms with Crippen molar-refractivity contribution in [2.24, 2.45) is 0 Å². The molecule has 0 aromatic carbocycles. The van der Waals surface area contributed by atoms with Gasteiger partial charge in [-0.15, -0.1) is 0 Å². The zero-order valence-corrected chi connectivity index (χ0v) is 10.4. The molecule has 0 radical (unpaired) electrons. The molecule has 5 nitrogen and oxygen atoms in total. The number of carbonyl (C=O) groups is 2. The lowest BCUT2D eigenvalue weighted by atomic mass is 9.83. The van der Waals surface area contributed by atoms with E-state index in [0.29, 0.717) is 13.0 Å². The van der Waals surface area contributed by atoms with E-state index in [0.717, 1.165) is 25.7 Å². The second-order valence-electron chi connectivity index (χ2n) is 5.00. The van der Waals surface area contributed by atoms with Crippen LogP contribution in [0.25, 0.3) is 0 Å². The lowest BCUT2D eigenvalue weighted by molar-refractivity contribution is -0.137. The summed E-state index contributed by atoms with van der Waals surface area (Å²) in [4.78, 5) is 21.9. The van der Waals surface area contributed by atoms with E-state index in [1.54, 1.807) is 0 Å². The predicted molar refractivity (Wildman–Crippen MR) is 64.9 cm³/mol. The van der Waals surface area contributed by atoms with E-state index in [1.807, 2.05) is 0 Å². The van der Waals surface area contributed by atoms with Gasteiger partial charge in [0.2, 0.25) is 0 Å². The first kappa shape index (κ1) is 13.8. The fourth-order valence-corrected chi connectivity index (χ4v) is 2.22. The van der Waals surface area contributed by atoms with Crippen molar-refractivity contribution in [2.45, 2.75) is 57.4 Å². The van der Waals surface area contributed by atoms with Crippen LogP contribution in [0.3, 0.4) is 0 Å². The van der Waals surface area contributed by atoms with Crippen LogP contribution in [-0.4, -0.2) is 29.2 Å². The van der Waals surface area contributed by atoms with Crippen LogP contribution >= 0.6 is 0 Å². The maximum atomic E-state index is 11.6. The van der Waals surface area contributed by atoms with Gasteiger partial charge in [-0.05, 0) is 26.2 Å². The van der Waals surface area contributed by atoms with Crippen molar-refractivity contribution in [3.05, 3.63) is 0 Å². The van der Waals surface area contributed by atoms with Gasteiger partial charge in [-0.1, -0.05) is 19.3 Å². The summed E-state index contributed by atoms with van der Waals surface area (Å²) in [5.41, 5.74) is -0.0882. The number of hydrogen-bond acceptors (Lipinski definition) is 2. The number of hydrogen-bond donors (Lipinski definition) is 3. The monoisotopic (exact) mass is 242 g/mol. The summed E-state index contributed by atoms with van der Waals surface area (Å²) < 4.78 is 0. The third kappa shape index (κ3) is 5.56. The molecule has 1 aliphatic rings. The van der Waals surface area contributed by atoms with Crippen molar-refractivity contribution >= 4 is 12.0 Å². The number of urea groups is 1. The first-order valence-electron chi connectivity index (χ1n) is 6.30. The van der Waals surface area contributed by atoms with Crippen LogP contribution in [0.5, 0.6) is 0 Å². The standard InChI is InChI=1S/C12H22N2O3/c1-12(7-3-2-4-8-12)14-11(17)13-9-5-6-10(15)16/h2-9H2,1H3,(H,15,16)(H2,13,14,17). The number of carboxylic acid groups (broad SMARTS) is 1. The van der Waals surface area contributed by atoms with Crippen LogP contribution in [0, 0.1) is 0 Å². The van der Waals surface area contributed by atoms with Gasteiger partial charge in [-0.3, -0.25) is 4.79 Å². The fourth-order valence-electron chi connectivity index (χ4n) is 2.22. The van der Waals surface area contributed by atoms with Gasteiger partial charge in [0, 0.05) is 18.5 Å². The molecule has 17 heavy (non-hydrogen) atoms. The van der Waals surface area contributed by atoms with E-state index < -0.39 is 5.97 Å². The van der Waals surface area contributed by atoms with Crippen molar-refractivity contribution in [3.8, 4) is 0 Å². The van der Waals surface area contributed by atoms with E-state index in [9.17, 15) is 9.59 Å². The molecule has 0 atom stereocenters. The number of nitrogens with one attached hydrogen (secondary N) is 2. The molecule has 0 unspecified atom stereocenters. The Bertz CT molecular complexity index is 273. The molecular formula is C12H22N2O3. The first-order valence-corrected chi connectivity index (χ1v) is 6.30. The van der Waals surface area contributed by atoms with Gasteiger partial charge in [0.05, 0.1) is 0 Å². The van der Waals surface area contributed by atoms with E-state index in [4.69, 9.17) is 5.11 Å². The van der Waals surface area contributed by atoms with Crippen LogP contribution < -0.4 is 10.6 Å². The lowest BCUT2D eigenvalue weighted by Crippen LogP contribution is -2.51. The van der Waals surface area contributed by atoms with Gasteiger partial charge in [-0.25, -0.2) is 4.79 Å². The quantitative estimate of drug-likeness (QED) is 0.644. The Balaban J connectivity index is 2.17. The Hall–Kier alpha value is -1.26. The predicted octanol–water partition coefficient (Wildman–Crippen LogP) is 1.87. The van der Waals surface area contributed by atoms with Gasteiger partial charge in [0.25, 0.3) is 0 Å². The van der Waals surface area contributed by atoms with E-state index in [1.165, 1.54) is 6.42 Å². The molecule has 3 N–H and O–H groups in total. The van der Waals surface area contributed by atoms with Crippen LogP contribution in [0.15, 0.2) is 0 Å². The summed E-state index contributed by atoms with van der Waals surface area (Å²) >= 11 is 0. The second kappa shape index (κ2) is 6.47. The highest BCUT2D eigenvalue weighted by Gasteiger charge is 2.27. The van der Waals surface area contributed by atoms with E-state index in [2.05, 4.69) is 17.6 Å². The van der Waals surface area contributed by atoms with E-state index >= 15 is 0 Å². The minimum Gasteiger partial charge on any atom is -0.481 e. The highest BCUT2D eigenvalue weighted by atomic mass is 16.4. The van der Waals surface area contributed by atoms with Crippen molar-refractivity contribution < 1.29 is 14.7 Å². The minimum atomic E-state index is -0.827. The summed E-state index contributed by atoms with van der Waals surface area (Å²) in [6.07, 6.45) is 6.19. The van der Waals surface area contributed by atoms with Crippen molar-refractivity contribution in [2.75, 3.05) is 6.54 Å². The Labute approximate surface area is 102 Å². The molecule has 0 aromatic heterocycles. The van der Waals surface area contributed by atoms with Crippen molar-refractivity contribution in [1.82, 2.24) is 10.6 Å². The average molecular weight is 242 g/mol. The Morgan fingerprint density at radius 1 is 1.24 bits per heavy atom. The first-order chi connectivity index (χ1) is 8.02. The van der Waals surface area contributed by atoms with Crippen LogP contribution in [0.1, 0.15) is 51.9 Å². The summed E-state index contributed by atoms with van der Waals surface area (Å²) in [6.45, 7) is 2.48. The molecule has 0 aromatic rings. The third-order valence-corrected chi connectivity index (χ3v) is 3.23. The summed E-state index contributed by atoms with van der Waals surface area (Å²) in [5, 5.41) is 14.1. The molecule has 2 amide bonds. The SMILES string of the molecule is CC1(NC(=O)NCCCC(=O)O)CCCCC1. The number of carboxylic acids is 1. The van der Waals surface area contributed by atoms with Crippen LogP contribution in [-0.2, 0) is 4.79 Å². The Morgan fingerprint density at radius 3 is 2.47 bits per heavy atom. The average Bonchev–Trinajstić information content (AvgIpc) is 2.24.